The lowest BCUT2D eigenvalue weighted by atomic mass is 10.1. The van der Waals surface area contributed by atoms with Crippen LogP contribution in [0.25, 0.3) is 0 Å². The smallest absolute Gasteiger partial charge is 0.336 e. The lowest BCUT2D eigenvalue weighted by Crippen LogP contribution is -2.09. The van der Waals surface area contributed by atoms with Crippen molar-refractivity contribution in [1.82, 2.24) is 9.55 Å². The highest BCUT2D eigenvalue weighted by Crippen LogP contribution is 2.21. The first-order valence-corrected chi connectivity index (χ1v) is 8.04. The Balaban J connectivity index is 1.87. The third-order valence-electron chi connectivity index (χ3n) is 3.67. The van der Waals surface area contributed by atoms with Gasteiger partial charge >= 0.3 is 5.97 Å². The number of carboxylic acids is 1. The topological polar surface area (TPSA) is 55.1 Å². The molecule has 0 amide bonds. The zero-order valence-electron chi connectivity index (χ0n) is 12.6. The molecule has 0 aliphatic heterocycles. The SMILES string of the molecule is O=C(O)c1ccccc1Cn1ccnc1Cc1cc(Cl)cc(Cl)c1. The van der Waals surface area contributed by atoms with Crippen molar-refractivity contribution < 1.29 is 9.90 Å². The van der Waals surface area contributed by atoms with Crippen molar-refractivity contribution in [3.8, 4) is 0 Å². The molecule has 0 unspecified atom stereocenters. The minimum absolute atomic E-state index is 0.294. The summed E-state index contributed by atoms with van der Waals surface area (Å²) in [5, 5.41) is 10.5. The van der Waals surface area contributed by atoms with Crippen molar-refractivity contribution in [3.63, 3.8) is 0 Å². The third-order valence-corrected chi connectivity index (χ3v) is 4.11. The van der Waals surface area contributed by atoms with Crippen LogP contribution in [-0.4, -0.2) is 20.6 Å². The first kappa shape index (κ1) is 16.6. The Morgan fingerprint density at radius 1 is 1.12 bits per heavy atom. The highest BCUT2D eigenvalue weighted by molar-refractivity contribution is 6.34. The second-order valence-corrected chi connectivity index (χ2v) is 6.26. The van der Waals surface area contributed by atoms with Gasteiger partial charge in [-0.2, -0.15) is 0 Å². The van der Waals surface area contributed by atoms with Gasteiger partial charge in [0.1, 0.15) is 5.82 Å². The van der Waals surface area contributed by atoms with E-state index in [1.54, 1.807) is 24.4 Å². The number of halogens is 2. The fourth-order valence-electron chi connectivity index (χ4n) is 2.60. The molecule has 0 fully saturated rings. The summed E-state index contributed by atoms with van der Waals surface area (Å²) in [6.07, 6.45) is 4.09. The van der Waals surface area contributed by atoms with Crippen molar-refractivity contribution in [1.29, 1.82) is 0 Å². The Bertz CT molecular complexity index is 870. The van der Waals surface area contributed by atoms with Gasteiger partial charge < -0.3 is 9.67 Å². The van der Waals surface area contributed by atoms with Crippen LogP contribution in [0, 0.1) is 0 Å². The van der Waals surface area contributed by atoms with Crippen molar-refractivity contribution in [2.24, 2.45) is 0 Å². The number of benzene rings is 2. The first-order valence-electron chi connectivity index (χ1n) is 7.29. The van der Waals surface area contributed by atoms with E-state index < -0.39 is 5.97 Å². The fourth-order valence-corrected chi connectivity index (χ4v) is 3.17. The molecule has 0 saturated heterocycles. The van der Waals surface area contributed by atoms with E-state index in [0.29, 0.717) is 28.6 Å². The Kier molecular flexibility index (Phi) is 4.88. The van der Waals surface area contributed by atoms with E-state index in [1.165, 1.54) is 0 Å². The second-order valence-electron chi connectivity index (χ2n) is 5.39. The maximum atomic E-state index is 11.3. The quantitative estimate of drug-likeness (QED) is 0.727. The number of aromatic carboxylic acids is 1. The van der Waals surface area contributed by atoms with Crippen LogP contribution in [0.3, 0.4) is 0 Å². The fraction of sp³-hybridized carbons (Fsp3) is 0.111. The molecule has 3 rings (SSSR count). The summed E-state index contributed by atoms with van der Waals surface area (Å²) in [6, 6.07) is 12.3. The molecule has 0 atom stereocenters. The number of nitrogens with zero attached hydrogens (tertiary/aromatic N) is 2. The normalized spacial score (nSPS) is 10.8. The number of rotatable bonds is 5. The minimum Gasteiger partial charge on any atom is -0.478 e. The predicted molar refractivity (Wildman–Crippen MR) is 94.0 cm³/mol. The highest BCUT2D eigenvalue weighted by Gasteiger charge is 2.12. The van der Waals surface area contributed by atoms with Gasteiger partial charge in [-0.1, -0.05) is 41.4 Å². The number of aromatic nitrogens is 2. The molecule has 4 nitrogen and oxygen atoms in total. The molecule has 2 aromatic carbocycles. The minimum atomic E-state index is -0.936. The molecular formula is C18H14Cl2N2O2. The van der Waals surface area contributed by atoms with E-state index in [9.17, 15) is 9.90 Å². The molecule has 122 valence electrons. The summed E-state index contributed by atoms with van der Waals surface area (Å²) in [4.78, 5) is 15.7. The Morgan fingerprint density at radius 2 is 1.83 bits per heavy atom. The molecule has 0 aliphatic rings. The van der Waals surface area contributed by atoms with Gasteiger partial charge in [0.25, 0.3) is 0 Å². The van der Waals surface area contributed by atoms with E-state index in [2.05, 4.69) is 4.98 Å². The number of carboxylic acid groups (broad SMARTS) is 1. The molecule has 1 N–H and O–H groups in total. The van der Waals surface area contributed by atoms with Crippen LogP contribution in [-0.2, 0) is 13.0 Å². The van der Waals surface area contributed by atoms with E-state index in [4.69, 9.17) is 23.2 Å². The zero-order chi connectivity index (χ0) is 17.1. The number of hydrogen-bond acceptors (Lipinski definition) is 2. The van der Waals surface area contributed by atoms with Crippen LogP contribution in [0.15, 0.2) is 54.9 Å². The molecule has 0 spiro atoms. The van der Waals surface area contributed by atoms with Crippen LogP contribution in [0.5, 0.6) is 0 Å². The monoisotopic (exact) mass is 360 g/mol. The molecule has 0 bridgehead atoms. The Hall–Kier alpha value is -2.30. The predicted octanol–water partition coefficient (Wildman–Crippen LogP) is 4.53. The molecule has 24 heavy (non-hydrogen) atoms. The van der Waals surface area contributed by atoms with Crippen LogP contribution in [0.4, 0.5) is 0 Å². The van der Waals surface area contributed by atoms with Crippen molar-refractivity contribution in [2.75, 3.05) is 0 Å². The number of hydrogen-bond donors (Lipinski definition) is 1. The standard InChI is InChI=1S/C18H14Cl2N2O2/c19-14-7-12(8-15(20)10-14)9-17-21-5-6-22(17)11-13-3-1-2-4-16(13)18(23)24/h1-8,10H,9,11H2,(H,23,24). The largest absolute Gasteiger partial charge is 0.478 e. The van der Waals surface area contributed by atoms with Crippen LogP contribution < -0.4 is 0 Å². The van der Waals surface area contributed by atoms with E-state index >= 15 is 0 Å². The molecule has 0 radical (unpaired) electrons. The molecule has 3 aromatic rings. The van der Waals surface area contributed by atoms with Crippen LogP contribution >= 0.6 is 23.2 Å². The summed E-state index contributed by atoms with van der Waals surface area (Å²) in [6.45, 7) is 0.437. The Morgan fingerprint density at radius 3 is 2.54 bits per heavy atom. The van der Waals surface area contributed by atoms with Gasteiger partial charge in [0.15, 0.2) is 0 Å². The van der Waals surface area contributed by atoms with Gasteiger partial charge in [-0.05, 0) is 35.4 Å². The third kappa shape index (κ3) is 3.78. The van der Waals surface area contributed by atoms with Gasteiger partial charge in [-0.15, -0.1) is 0 Å². The van der Waals surface area contributed by atoms with Crippen molar-refractivity contribution in [2.45, 2.75) is 13.0 Å². The summed E-state index contributed by atoms with van der Waals surface area (Å²) in [5.74, 6) is -0.123. The second kappa shape index (κ2) is 7.07. The summed E-state index contributed by atoms with van der Waals surface area (Å²) < 4.78 is 1.93. The average Bonchev–Trinajstić information content (AvgIpc) is 2.93. The first-order chi connectivity index (χ1) is 11.5. The van der Waals surface area contributed by atoms with Gasteiger partial charge in [0.05, 0.1) is 5.56 Å². The van der Waals surface area contributed by atoms with Gasteiger partial charge in [-0.25, -0.2) is 9.78 Å². The summed E-state index contributed by atoms with van der Waals surface area (Å²) in [5.41, 5.74) is 1.97. The molecule has 6 heteroatoms. The lowest BCUT2D eigenvalue weighted by Gasteiger charge is -2.11. The molecule has 0 aliphatic carbocycles. The van der Waals surface area contributed by atoms with E-state index in [0.717, 1.165) is 17.0 Å². The van der Waals surface area contributed by atoms with Crippen molar-refractivity contribution >= 4 is 29.2 Å². The molecular weight excluding hydrogens is 347 g/mol. The van der Waals surface area contributed by atoms with E-state index in [-0.39, 0.29) is 0 Å². The maximum Gasteiger partial charge on any atom is 0.336 e. The zero-order valence-corrected chi connectivity index (χ0v) is 14.1. The van der Waals surface area contributed by atoms with Crippen LogP contribution in [0.2, 0.25) is 10.0 Å². The van der Waals surface area contributed by atoms with Gasteiger partial charge in [0, 0.05) is 35.4 Å². The van der Waals surface area contributed by atoms with E-state index in [1.807, 2.05) is 35.0 Å². The lowest BCUT2D eigenvalue weighted by molar-refractivity contribution is 0.0695. The number of carbonyl (C=O) groups is 1. The number of imidazole rings is 1. The van der Waals surface area contributed by atoms with Crippen molar-refractivity contribution in [3.05, 3.63) is 87.4 Å². The summed E-state index contributed by atoms with van der Waals surface area (Å²) >= 11 is 12.1. The van der Waals surface area contributed by atoms with Gasteiger partial charge in [-0.3, -0.25) is 0 Å². The highest BCUT2D eigenvalue weighted by atomic mass is 35.5. The molecule has 0 saturated carbocycles. The van der Waals surface area contributed by atoms with Gasteiger partial charge in [0.2, 0.25) is 0 Å². The molecule has 1 heterocycles. The Labute approximate surface area is 149 Å². The maximum absolute atomic E-state index is 11.3. The summed E-state index contributed by atoms with van der Waals surface area (Å²) in [7, 11) is 0. The molecule has 1 aromatic heterocycles. The van der Waals surface area contributed by atoms with Crippen LogP contribution in [0.1, 0.15) is 27.3 Å². The average molecular weight is 361 g/mol.